The molecule has 3 heterocycles. The molecule has 1 saturated heterocycles. The number of nitro groups is 1. The van der Waals surface area contributed by atoms with Gasteiger partial charge in [0.05, 0.1) is 30.0 Å². The second-order valence-corrected chi connectivity index (χ2v) is 6.32. The number of para-hydroxylation sites is 1. The predicted molar refractivity (Wildman–Crippen MR) is 98.8 cm³/mol. The van der Waals surface area contributed by atoms with Gasteiger partial charge in [0.2, 0.25) is 5.91 Å². The lowest BCUT2D eigenvalue weighted by Gasteiger charge is -2.26. The van der Waals surface area contributed by atoms with E-state index in [-0.39, 0.29) is 23.8 Å². The van der Waals surface area contributed by atoms with Crippen molar-refractivity contribution in [3.8, 4) is 16.9 Å². The Hall–Kier alpha value is -3.53. The molecular formula is C18H18N6O4. The third kappa shape index (κ3) is 3.62. The van der Waals surface area contributed by atoms with Crippen molar-refractivity contribution in [3.63, 3.8) is 0 Å². The molecule has 1 amide bonds. The van der Waals surface area contributed by atoms with E-state index in [1.54, 1.807) is 15.8 Å². The molecule has 1 aliphatic rings. The molecule has 0 spiro atoms. The van der Waals surface area contributed by atoms with Crippen molar-refractivity contribution in [2.45, 2.75) is 6.54 Å². The first-order chi connectivity index (χ1) is 13.6. The van der Waals surface area contributed by atoms with Crippen LogP contribution >= 0.6 is 0 Å². The number of hydrogen-bond acceptors (Lipinski definition) is 6. The average Bonchev–Trinajstić information content (AvgIpc) is 3.36. The highest BCUT2D eigenvalue weighted by atomic mass is 16.6. The average molecular weight is 382 g/mol. The number of ether oxygens (including phenoxy) is 1. The highest BCUT2D eigenvalue weighted by Crippen LogP contribution is 2.28. The van der Waals surface area contributed by atoms with E-state index in [9.17, 15) is 14.9 Å². The van der Waals surface area contributed by atoms with Gasteiger partial charge < -0.3 is 9.64 Å². The number of hydrogen-bond donors (Lipinski definition) is 0. The van der Waals surface area contributed by atoms with E-state index in [0.717, 1.165) is 5.69 Å². The van der Waals surface area contributed by atoms with E-state index >= 15 is 0 Å². The maximum Gasteiger partial charge on any atom is 0.315 e. The number of morpholine rings is 1. The number of nitrogens with zero attached hydrogens (tertiary/aromatic N) is 6. The van der Waals surface area contributed by atoms with Crippen LogP contribution in [-0.2, 0) is 16.1 Å². The largest absolute Gasteiger partial charge is 0.378 e. The van der Waals surface area contributed by atoms with Gasteiger partial charge in [-0.25, -0.2) is 4.68 Å². The molecule has 3 aromatic rings. The predicted octanol–water partition coefficient (Wildman–Crippen LogP) is 1.50. The van der Waals surface area contributed by atoms with E-state index < -0.39 is 4.92 Å². The summed E-state index contributed by atoms with van der Waals surface area (Å²) >= 11 is 0. The summed E-state index contributed by atoms with van der Waals surface area (Å²) in [6, 6.07) is 9.41. The molecule has 1 aromatic carbocycles. The number of amides is 1. The third-order valence-corrected chi connectivity index (χ3v) is 4.48. The Bertz CT molecular complexity index is 991. The van der Waals surface area contributed by atoms with Gasteiger partial charge in [0.15, 0.2) is 5.69 Å². The molecule has 1 fully saturated rings. The maximum absolute atomic E-state index is 12.4. The molecule has 10 nitrogen and oxygen atoms in total. The van der Waals surface area contributed by atoms with E-state index in [4.69, 9.17) is 4.74 Å². The lowest BCUT2D eigenvalue weighted by Crippen LogP contribution is -2.42. The lowest BCUT2D eigenvalue weighted by molar-refractivity contribution is -0.384. The fraction of sp³-hybridized carbons (Fsp3) is 0.278. The van der Waals surface area contributed by atoms with Crippen molar-refractivity contribution in [2.24, 2.45) is 0 Å². The lowest BCUT2D eigenvalue weighted by atomic mass is 10.2. The van der Waals surface area contributed by atoms with E-state index in [1.165, 1.54) is 17.1 Å². The van der Waals surface area contributed by atoms with E-state index in [1.807, 2.05) is 30.3 Å². The van der Waals surface area contributed by atoms with Gasteiger partial charge in [-0.05, 0) is 12.1 Å². The summed E-state index contributed by atoms with van der Waals surface area (Å²) in [6.45, 7) is 1.95. The van der Waals surface area contributed by atoms with Gasteiger partial charge in [0.1, 0.15) is 12.7 Å². The van der Waals surface area contributed by atoms with Crippen molar-refractivity contribution in [3.05, 3.63) is 59.0 Å². The minimum Gasteiger partial charge on any atom is -0.378 e. The Morgan fingerprint density at radius 1 is 1.18 bits per heavy atom. The number of carbonyl (C=O) groups excluding carboxylic acids is 1. The number of rotatable bonds is 5. The first kappa shape index (κ1) is 17.9. The Morgan fingerprint density at radius 3 is 2.64 bits per heavy atom. The minimum atomic E-state index is -0.502. The zero-order chi connectivity index (χ0) is 19.5. The van der Waals surface area contributed by atoms with Gasteiger partial charge in [0, 0.05) is 24.8 Å². The van der Waals surface area contributed by atoms with E-state index in [0.29, 0.717) is 31.9 Å². The molecule has 0 saturated carbocycles. The molecular weight excluding hydrogens is 364 g/mol. The Morgan fingerprint density at radius 2 is 1.93 bits per heavy atom. The van der Waals surface area contributed by atoms with Crippen LogP contribution < -0.4 is 0 Å². The van der Waals surface area contributed by atoms with Crippen LogP contribution in [0, 0.1) is 10.1 Å². The van der Waals surface area contributed by atoms with Crippen molar-refractivity contribution < 1.29 is 14.5 Å². The van der Waals surface area contributed by atoms with Gasteiger partial charge in [-0.2, -0.15) is 10.2 Å². The molecule has 2 aromatic heterocycles. The molecule has 0 atom stereocenters. The quantitative estimate of drug-likeness (QED) is 0.489. The van der Waals surface area contributed by atoms with Gasteiger partial charge >= 0.3 is 5.69 Å². The van der Waals surface area contributed by atoms with Gasteiger partial charge in [-0.15, -0.1) is 0 Å². The van der Waals surface area contributed by atoms with Crippen LogP contribution in [-0.4, -0.2) is 61.6 Å². The standard InChI is InChI=1S/C18H18N6O4/c25-17(21-6-8-28-9-7-21)13-22-12-16(24(26)27)18(20-22)14-10-19-23(11-14)15-4-2-1-3-5-15/h1-5,10-12H,6-9,13H2. The first-order valence-electron chi connectivity index (χ1n) is 8.79. The van der Waals surface area contributed by atoms with Crippen LogP contribution in [0.3, 0.4) is 0 Å². The van der Waals surface area contributed by atoms with Crippen LogP contribution in [0.5, 0.6) is 0 Å². The molecule has 0 bridgehead atoms. The van der Waals surface area contributed by atoms with Crippen LogP contribution in [0.4, 0.5) is 5.69 Å². The zero-order valence-electron chi connectivity index (χ0n) is 15.0. The highest BCUT2D eigenvalue weighted by Gasteiger charge is 2.24. The summed E-state index contributed by atoms with van der Waals surface area (Å²) in [5.41, 5.74) is 1.36. The van der Waals surface area contributed by atoms with Crippen molar-refractivity contribution in [1.82, 2.24) is 24.5 Å². The fourth-order valence-electron chi connectivity index (χ4n) is 3.05. The Labute approximate surface area is 160 Å². The number of aromatic nitrogens is 4. The Balaban J connectivity index is 1.60. The summed E-state index contributed by atoms with van der Waals surface area (Å²) in [5, 5.41) is 20.0. The number of carbonyl (C=O) groups is 1. The van der Waals surface area contributed by atoms with Crippen LogP contribution in [0.2, 0.25) is 0 Å². The van der Waals surface area contributed by atoms with Gasteiger partial charge in [-0.3, -0.25) is 19.6 Å². The molecule has 0 unspecified atom stereocenters. The monoisotopic (exact) mass is 382 g/mol. The van der Waals surface area contributed by atoms with Crippen molar-refractivity contribution in [2.75, 3.05) is 26.3 Å². The molecule has 10 heteroatoms. The second-order valence-electron chi connectivity index (χ2n) is 6.32. The summed E-state index contributed by atoms with van der Waals surface area (Å²) < 4.78 is 8.17. The molecule has 28 heavy (non-hydrogen) atoms. The summed E-state index contributed by atoms with van der Waals surface area (Å²) in [4.78, 5) is 25.1. The van der Waals surface area contributed by atoms with Crippen LogP contribution in [0.1, 0.15) is 0 Å². The highest BCUT2D eigenvalue weighted by molar-refractivity contribution is 5.76. The van der Waals surface area contributed by atoms with Crippen LogP contribution in [0.15, 0.2) is 48.9 Å². The first-order valence-corrected chi connectivity index (χ1v) is 8.79. The van der Waals surface area contributed by atoms with Gasteiger partial charge in [0.25, 0.3) is 0 Å². The Kier molecular flexibility index (Phi) is 4.85. The zero-order valence-corrected chi connectivity index (χ0v) is 15.0. The molecule has 0 radical (unpaired) electrons. The SMILES string of the molecule is O=C(Cn1cc([N+](=O)[O-])c(-c2cnn(-c3ccccc3)c2)n1)N1CCOCC1. The molecule has 1 aliphatic heterocycles. The third-order valence-electron chi connectivity index (χ3n) is 4.48. The topological polar surface area (TPSA) is 108 Å². The maximum atomic E-state index is 12.4. The van der Waals surface area contributed by atoms with E-state index in [2.05, 4.69) is 10.2 Å². The smallest absolute Gasteiger partial charge is 0.315 e. The minimum absolute atomic E-state index is 0.0618. The normalized spacial score (nSPS) is 14.2. The molecule has 4 rings (SSSR count). The van der Waals surface area contributed by atoms with Crippen molar-refractivity contribution >= 4 is 11.6 Å². The second kappa shape index (κ2) is 7.61. The van der Waals surface area contributed by atoms with Crippen LogP contribution in [0.25, 0.3) is 16.9 Å². The van der Waals surface area contributed by atoms with Gasteiger partial charge in [-0.1, -0.05) is 18.2 Å². The van der Waals surface area contributed by atoms with Crippen molar-refractivity contribution in [1.29, 1.82) is 0 Å². The molecule has 0 aliphatic carbocycles. The summed E-state index contributed by atoms with van der Waals surface area (Å²) in [5.74, 6) is -0.146. The molecule has 144 valence electrons. The molecule has 0 N–H and O–H groups in total. The number of benzene rings is 1. The fourth-order valence-corrected chi connectivity index (χ4v) is 3.05. The summed E-state index contributed by atoms with van der Waals surface area (Å²) in [6.07, 6.45) is 4.49. The summed E-state index contributed by atoms with van der Waals surface area (Å²) in [7, 11) is 0.